The zero-order valence-electron chi connectivity index (χ0n) is 10.3. The molecule has 7 heteroatoms. The molecule has 1 amide bonds. The number of hydrogen-bond acceptors (Lipinski definition) is 4. The SMILES string of the molecule is O=C(NCc1nnc2ccccn12)c1ccc(Br)cn1. The largest absolute Gasteiger partial charge is 0.343 e. The summed E-state index contributed by atoms with van der Waals surface area (Å²) < 4.78 is 2.66. The van der Waals surface area contributed by atoms with Gasteiger partial charge in [0.25, 0.3) is 5.91 Å². The summed E-state index contributed by atoms with van der Waals surface area (Å²) in [5.74, 6) is 0.427. The van der Waals surface area contributed by atoms with E-state index in [1.807, 2.05) is 28.8 Å². The van der Waals surface area contributed by atoms with E-state index in [2.05, 4.69) is 36.4 Å². The predicted octanol–water partition coefficient (Wildman–Crippen LogP) is 1.82. The second kappa shape index (κ2) is 5.38. The monoisotopic (exact) mass is 331 g/mol. The summed E-state index contributed by atoms with van der Waals surface area (Å²) in [7, 11) is 0. The van der Waals surface area contributed by atoms with Crippen molar-refractivity contribution in [2.24, 2.45) is 0 Å². The molecular formula is C13H10BrN5O. The van der Waals surface area contributed by atoms with Gasteiger partial charge in [-0.25, -0.2) is 4.98 Å². The summed E-state index contributed by atoms with van der Waals surface area (Å²) in [4.78, 5) is 16.0. The van der Waals surface area contributed by atoms with Gasteiger partial charge in [0.15, 0.2) is 11.5 Å². The van der Waals surface area contributed by atoms with Crippen molar-refractivity contribution in [1.82, 2.24) is 24.9 Å². The fraction of sp³-hybridized carbons (Fsp3) is 0.0769. The Labute approximate surface area is 123 Å². The first-order valence-electron chi connectivity index (χ1n) is 5.92. The average molecular weight is 332 g/mol. The third-order valence-corrected chi connectivity index (χ3v) is 3.22. The fourth-order valence-electron chi connectivity index (χ4n) is 1.77. The number of pyridine rings is 2. The van der Waals surface area contributed by atoms with Gasteiger partial charge in [0.05, 0.1) is 6.54 Å². The molecule has 6 nitrogen and oxygen atoms in total. The van der Waals surface area contributed by atoms with Gasteiger partial charge in [-0.3, -0.25) is 9.20 Å². The Morgan fingerprint density at radius 3 is 2.95 bits per heavy atom. The second-order valence-corrected chi connectivity index (χ2v) is 5.01. The maximum Gasteiger partial charge on any atom is 0.270 e. The van der Waals surface area contributed by atoms with Crippen molar-refractivity contribution in [2.75, 3.05) is 0 Å². The lowest BCUT2D eigenvalue weighted by Gasteiger charge is -2.03. The molecule has 0 bridgehead atoms. The van der Waals surface area contributed by atoms with Gasteiger partial charge in [-0.2, -0.15) is 0 Å². The van der Waals surface area contributed by atoms with E-state index in [1.54, 1.807) is 18.3 Å². The quantitative estimate of drug-likeness (QED) is 0.794. The zero-order valence-corrected chi connectivity index (χ0v) is 11.9. The topological polar surface area (TPSA) is 72.2 Å². The van der Waals surface area contributed by atoms with Crippen LogP contribution in [-0.4, -0.2) is 25.5 Å². The third kappa shape index (κ3) is 2.53. The van der Waals surface area contributed by atoms with Crippen molar-refractivity contribution >= 4 is 27.5 Å². The van der Waals surface area contributed by atoms with Crippen molar-refractivity contribution in [2.45, 2.75) is 6.54 Å². The lowest BCUT2D eigenvalue weighted by atomic mass is 10.3. The van der Waals surface area contributed by atoms with E-state index in [-0.39, 0.29) is 5.91 Å². The van der Waals surface area contributed by atoms with Crippen molar-refractivity contribution in [3.8, 4) is 0 Å². The van der Waals surface area contributed by atoms with Crippen LogP contribution < -0.4 is 5.32 Å². The Morgan fingerprint density at radius 2 is 2.15 bits per heavy atom. The molecule has 0 saturated heterocycles. The number of nitrogens with zero attached hydrogens (tertiary/aromatic N) is 4. The first kappa shape index (κ1) is 12.7. The molecule has 1 N–H and O–H groups in total. The molecule has 0 aliphatic heterocycles. The number of carbonyl (C=O) groups excluding carboxylic acids is 1. The van der Waals surface area contributed by atoms with Crippen molar-refractivity contribution in [3.63, 3.8) is 0 Å². The maximum atomic E-state index is 11.9. The number of nitrogens with one attached hydrogen (secondary N) is 1. The Bertz CT molecular complexity index is 753. The van der Waals surface area contributed by atoms with Gasteiger partial charge in [0.1, 0.15) is 5.69 Å². The molecule has 0 unspecified atom stereocenters. The number of carbonyl (C=O) groups is 1. The van der Waals surface area contributed by atoms with Gasteiger partial charge in [0.2, 0.25) is 0 Å². The number of hydrogen-bond donors (Lipinski definition) is 1. The molecule has 3 rings (SSSR count). The van der Waals surface area contributed by atoms with Crippen molar-refractivity contribution in [3.05, 3.63) is 58.7 Å². The average Bonchev–Trinajstić information content (AvgIpc) is 2.89. The standard InChI is InChI=1S/C13H10BrN5O/c14-9-4-5-10(15-7-9)13(20)16-8-12-18-17-11-3-1-2-6-19(11)12/h1-7H,8H2,(H,16,20). The van der Waals surface area contributed by atoms with Gasteiger partial charge < -0.3 is 5.32 Å². The van der Waals surface area contributed by atoms with Gasteiger partial charge in [-0.05, 0) is 40.2 Å². The van der Waals surface area contributed by atoms with Crippen molar-refractivity contribution in [1.29, 1.82) is 0 Å². The van der Waals surface area contributed by atoms with Crippen LogP contribution in [0.1, 0.15) is 16.3 Å². The highest BCUT2D eigenvalue weighted by Crippen LogP contribution is 2.07. The highest BCUT2D eigenvalue weighted by atomic mass is 79.9. The van der Waals surface area contributed by atoms with Crippen LogP contribution >= 0.6 is 15.9 Å². The lowest BCUT2D eigenvalue weighted by molar-refractivity contribution is 0.0945. The first-order valence-corrected chi connectivity index (χ1v) is 6.72. The summed E-state index contributed by atoms with van der Waals surface area (Å²) in [6.07, 6.45) is 3.44. The molecule has 0 spiro atoms. The lowest BCUT2D eigenvalue weighted by Crippen LogP contribution is -2.24. The van der Waals surface area contributed by atoms with E-state index in [1.165, 1.54) is 0 Å². The molecule has 0 atom stereocenters. The minimum atomic E-state index is -0.245. The smallest absolute Gasteiger partial charge is 0.270 e. The highest BCUT2D eigenvalue weighted by Gasteiger charge is 2.09. The van der Waals surface area contributed by atoms with Crippen LogP contribution in [0.3, 0.4) is 0 Å². The summed E-state index contributed by atoms with van der Waals surface area (Å²) in [6.45, 7) is 0.293. The number of fused-ring (bicyclic) bond motifs is 1. The molecule has 0 radical (unpaired) electrons. The van der Waals surface area contributed by atoms with Gasteiger partial charge in [-0.1, -0.05) is 6.07 Å². The van der Waals surface area contributed by atoms with Crippen LogP contribution in [-0.2, 0) is 6.54 Å². The van der Waals surface area contributed by atoms with E-state index in [9.17, 15) is 4.79 Å². The maximum absolute atomic E-state index is 11.9. The minimum Gasteiger partial charge on any atom is -0.343 e. The number of halogens is 1. The van der Waals surface area contributed by atoms with Crippen LogP contribution in [0.25, 0.3) is 5.65 Å². The molecule has 100 valence electrons. The minimum absolute atomic E-state index is 0.245. The molecule has 0 aliphatic carbocycles. The molecular weight excluding hydrogens is 322 g/mol. The molecule has 0 aromatic carbocycles. The Morgan fingerprint density at radius 1 is 1.25 bits per heavy atom. The van der Waals surface area contributed by atoms with Crippen LogP contribution in [0.4, 0.5) is 0 Å². The molecule has 0 saturated carbocycles. The number of aromatic nitrogens is 4. The van der Waals surface area contributed by atoms with E-state index >= 15 is 0 Å². The summed E-state index contributed by atoms with van der Waals surface area (Å²) in [5.41, 5.74) is 1.11. The van der Waals surface area contributed by atoms with Gasteiger partial charge in [0, 0.05) is 16.9 Å². The number of rotatable bonds is 3. The Kier molecular flexibility index (Phi) is 3.42. The van der Waals surface area contributed by atoms with E-state index in [4.69, 9.17) is 0 Å². The van der Waals surface area contributed by atoms with Crippen LogP contribution in [0.5, 0.6) is 0 Å². The van der Waals surface area contributed by atoms with Gasteiger partial charge >= 0.3 is 0 Å². The van der Waals surface area contributed by atoms with Gasteiger partial charge in [-0.15, -0.1) is 10.2 Å². The van der Waals surface area contributed by atoms with Crippen molar-refractivity contribution < 1.29 is 4.79 Å². The Balaban J connectivity index is 1.73. The normalized spacial score (nSPS) is 10.7. The molecule has 3 heterocycles. The molecule has 0 fully saturated rings. The summed E-state index contributed by atoms with van der Waals surface area (Å²) in [6, 6.07) is 9.06. The summed E-state index contributed by atoms with van der Waals surface area (Å²) in [5, 5.41) is 10.8. The summed E-state index contributed by atoms with van der Waals surface area (Å²) >= 11 is 3.28. The third-order valence-electron chi connectivity index (χ3n) is 2.75. The van der Waals surface area contributed by atoms with Crippen LogP contribution in [0.2, 0.25) is 0 Å². The first-order chi connectivity index (χ1) is 9.74. The van der Waals surface area contributed by atoms with E-state index < -0.39 is 0 Å². The second-order valence-electron chi connectivity index (χ2n) is 4.09. The molecule has 20 heavy (non-hydrogen) atoms. The number of amides is 1. The Hall–Kier alpha value is -2.28. The molecule has 3 aromatic heterocycles. The van der Waals surface area contributed by atoms with Crippen LogP contribution in [0.15, 0.2) is 47.2 Å². The van der Waals surface area contributed by atoms with E-state index in [0.717, 1.165) is 10.1 Å². The molecule has 3 aromatic rings. The predicted molar refractivity (Wildman–Crippen MR) is 76.1 cm³/mol. The van der Waals surface area contributed by atoms with Crippen LogP contribution in [0, 0.1) is 0 Å². The molecule has 0 aliphatic rings. The highest BCUT2D eigenvalue weighted by molar-refractivity contribution is 9.10. The zero-order chi connectivity index (χ0) is 13.9. The fourth-order valence-corrected chi connectivity index (χ4v) is 2.01. The van der Waals surface area contributed by atoms with E-state index in [0.29, 0.717) is 18.1 Å².